The van der Waals surface area contributed by atoms with E-state index in [0.717, 1.165) is 0 Å². The second kappa shape index (κ2) is 7.58. The molecule has 1 saturated heterocycles. The Morgan fingerprint density at radius 2 is 0.750 bits per heavy atom. The number of ketones is 1. The van der Waals surface area contributed by atoms with Crippen molar-refractivity contribution in [2.24, 2.45) is 0 Å². The van der Waals surface area contributed by atoms with Crippen LogP contribution < -0.4 is 0 Å². The van der Waals surface area contributed by atoms with Crippen LogP contribution in [0.3, 0.4) is 0 Å². The first-order chi connectivity index (χ1) is 15.2. The van der Waals surface area contributed by atoms with Crippen LogP contribution in [0, 0.1) is 0 Å². The maximum absolute atomic E-state index is 14.4. The zero-order valence-electron chi connectivity index (χ0n) is 15.7. The number of Topliss-reactive ketones (excluding diaryl/α,β-unsaturated/α-hetero) is 1. The van der Waals surface area contributed by atoms with Crippen molar-refractivity contribution in [2.45, 2.75) is 60.1 Å². The first-order valence-electron chi connectivity index (χ1n) is 7.74. The molecule has 0 aromatic carbocycles. The van der Waals surface area contributed by atoms with Crippen molar-refractivity contribution >= 4 is 5.78 Å². The van der Waals surface area contributed by atoms with Crippen LogP contribution in [0.5, 0.6) is 0 Å². The summed E-state index contributed by atoms with van der Waals surface area (Å²) in [5.41, 5.74) is -17.4. The molecule has 0 N–H and O–H groups in total. The number of carbonyl (C=O) groups excluding carboxylic acids is 1. The molecule has 1 fully saturated rings. The monoisotopic (exact) mass is 590 g/mol. The van der Waals surface area contributed by atoms with Gasteiger partial charge in [-0.05, 0) is 7.05 Å². The minimum absolute atomic E-state index is 1.10. The van der Waals surface area contributed by atoms with Gasteiger partial charge in [0.15, 0.2) is 0 Å². The Hall–Kier alpha value is -1.88. The smallest absolute Gasteiger partial charge is 0.291 e. The number of rotatable bonds is 4. The van der Waals surface area contributed by atoms with E-state index in [4.69, 9.17) is 0 Å². The highest BCUT2D eigenvalue weighted by atomic mass is 19.4. The van der Waals surface area contributed by atoms with Crippen LogP contribution in [0.15, 0.2) is 0 Å². The SMILES string of the molecule is CN1C(F)(F)C(F)(F)N(C(F)(F)C(F)(C(=O)C(F)(C(F)(F)F)C(F)(F)F)C(F)(F)F)C(F)(F)C1(F)F. The fourth-order valence-corrected chi connectivity index (χ4v) is 2.62. The van der Waals surface area contributed by atoms with E-state index in [-0.39, 0.29) is 0 Å². The Morgan fingerprint density at radius 3 is 0.972 bits per heavy atom. The second-order valence-corrected chi connectivity index (χ2v) is 6.74. The number of hydrogen-bond acceptors (Lipinski definition) is 3. The topological polar surface area (TPSA) is 23.6 Å². The van der Waals surface area contributed by atoms with Crippen molar-refractivity contribution in [1.82, 2.24) is 9.80 Å². The van der Waals surface area contributed by atoms with E-state index in [1.165, 1.54) is 0 Å². The van der Waals surface area contributed by atoms with Gasteiger partial charge in [-0.15, -0.1) is 4.90 Å². The van der Waals surface area contributed by atoms with Crippen LogP contribution in [0.1, 0.15) is 0 Å². The number of likely N-dealkylation sites (N-methyl/N-ethyl adjacent to an activating group) is 1. The molecular formula is C12H3F21N2O. The molecule has 36 heavy (non-hydrogen) atoms. The van der Waals surface area contributed by atoms with Crippen LogP contribution in [-0.4, -0.2) is 82.7 Å². The summed E-state index contributed by atoms with van der Waals surface area (Å²) >= 11 is 0. The van der Waals surface area contributed by atoms with Crippen LogP contribution >= 0.6 is 0 Å². The van der Waals surface area contributed by atoms with E-state index >= 15 is 0 Å². The molecule has 0 aromatic rings. The van der Waals surface area contributed by atoms with E-state index in [9.17, 15) is 97.0 Å². The Labute approximate surface area is 181 Å². The van der Waals surface area contributed by atoms with Crippen molar-refractivity contribution in [3.63, 3.8) is 0 Å². The Balaban J connectivity index is 4.26. The maximum Gasteiger partial charge on any atom is 0.439 e. The van der Waals surface area contributed by atoms with E-state index in [0.29, 0.717) is 0 Å². The molecule has 24 heteroatoms. The standard InChI is InChI=1S/C12H3F21N2O/c1-34-9(26,27)11(30,31)35(12(32,33)10(34,28)29)8(24,25)4(14,7(21,22)23)2(36)3(13,5(15,16)17)6(18,19)20/h1H3. The van der Waals surface area contributed by atoms with E-state index in [1.54, 1.807) is 0 Å². The summed E-state index contributed by atoms with van der Waals surface area (Å²) in [4.78, 5) is 3.72. The van der Waals surface area contributed by atoms with Gasteiger partial charge in [0.25, 0.3) is 0 Å². The van der Waals surface area contributed by atoms with Gasteiger partial charge in [0.1, 0.15) is 0 Å². The molecule has 0 aliphatic carbocycles. The fraction of sp³-hybridized carbons (Fsp3) is 0.917. The normalized spacial score (nSPS) is 25.4. The lowest BCUT2D eigenvalue weighted by Crippen LogP contribution is -2.87. The molecule has 1 atom stereocenters. The summed E-state index contributed by atoms with van der Waals surface area (Å²) in [5, 5.41) is 0. The molecule has 1 aliphatic heterocycles. The lowest BCUT2D eigenvalue weighted by Gasteiger charge is -2.55. The van der Waals surface area contributed by atoms with Gasteiger partial charge in [-0.25, -0.2) is 8.78 Å². The van der Waals surface area contributed by atoms with Crippen molar-refractivity contribution in [1.29, 1.82) is 0 Å². The Bertz CT molecular complexity index is 841. The molecule has 1 aliphatic rings. The third kappa shape index (κ3) is 3.51. The molecule has 3 nitrogen and oxygen atoms in total. The molecule has 214 valence electrons. The lowest BCUT2D eigenvalue weighted by atomic mass is 9.83. The summed E-state index contributed by atoms with van der Waals surface area (Å²) in [6, 6.07) is -39.3. The van der Waals surface area contributed by atoms with Gasteiger partial charge >= 0.3 is 60.1 Å². The molecular weight excluding hydrogens is 587 g/mol. The van der Waals surface area contributed by atoms with E-state index in [1.807, 2.05) is 0 Å². The Kier molecular flexibility index (Phi) is 6.77. The molecule has 0 amide bonds. The van der Waals surface area contributed by atoms with Gasteiger partial charge in [-0.1, -0.05) is 0 Å². The molecule has 0 saturated carbocycles. The first-order valence-corrected chi connectivity index (χ1v) is 7.74. The average Bonchev–Trinajstić information content (AvgIpc) is 2.60. The first kappa shape index (κ1) is 32.1. The van der Waals surface area contributed by atoms with E-state index in [2.05, 4.69) is 0 Å². The third-order valence-corrected chi connectivity index (χ3v) is 4.62. The minimum Gasteiger partial charge on any atom is -0.291 e. The Morgan fingerprint density at radius 1 is 0.500 bits per heavy atom. The predicted molar refractivity (Wildman–Crippen MR) is 65.2 cm³/mol. The van der Waals surface area contributed by atoms with Crippen molar-refractivity contribution in [3.05, 3.63) is 0 Å². The summed E-state index contributed by atoms with van der Waals surface area (Å²) < 4.78 is 281. The summed E-state index contributed by atoms with van der Waals surface area (Å²) in [6.45, 7) is 0. The summed E-state index contributed by atoms with van der Waals surface area (Å²) in [6.07, 6.45) is -25.1. The zero-order valence-corrected chi connectivity index (χ0v) is 15.7. The number of alkyl halides is 21. The molecule has 0 spiro atoms. The van der Waals surface area contributed by atoms with Crippen LogP contribution in [0.2, 0.25) is 0 Å². The number of carbonyl (C=O) groups is 1. The lowest BCUT2D eigenvalue weighted by molar-refractivity contribution is -0.545. The molecule has 0 radical (unpaired) electrons. The van der Waals surface area contributed by atoms with Crippen molar-refractivity contribution < 1.29 is 97.0 Å². The molecule has 1 unspecified atom stereocenters. The van der Waals surface area contributed by atoms with Crippen LogP contribution in [0.4, 0.5) is 92.2 Å². The highest BCUT2D eigenvalue weighted by Crippen LogP contribution is 2.64. The van der Waals surface area contributed by atoms with Crippen LogP contribution in [-0.2, 0) is 4.79 Å². The molecule has 1 heterocycles. The fourth-order valence-electron chi connectivity index (χ4n) is 2.62. The third-order valence-electron chi connectivity index (χ3n) is 4.62. The molecule has 0 aromatic heterocycles. The highest BCUT2D eigenvalue weighted by molar-refractivity contribution is 5.98. The quantitative estimate of drug-likeness (QED) is 0.303. The minimum atomic E-state index is -8.95. The summed E-state index contributed by atoms with van der Waals surface area (Å²) in [5.74, 6) is -6.23. The maximum atomic E-state index is 14.4. The number of hydrogen-bond donors (Lipinski definition) is 0. The largest absolute Gasteiger partial charge is 0.439 e. The number of piperazine rings is 1. The van der Waals surface area contributed by atoms with Gasteiger partial charge in [-0.2, -0.15) is 88.3 Å². The summed E-state index contributed by atoms with van der Waals surface area (Å²) in [7, 11) is -1.10. The number of nitrogens with zero attached hydrogens (tertiary/aromatic N) is 2. The van der Waals surface area contributed by atoms with Crippen LogP contribution in [0.25, 0.3) is 0 Å². The highest BCUT2D eigenvalue weighted by Gasteiger charge is 2.96. The van der Waals surface area contributed by atoms with Crippen molar-refractivity contribution in [3.8, 4) is 0 Å². The number of halogens is 21. The molecule has 1 rings (SSSR count). The average molecular weight is 590 g/mol. The van der Waals surface area contributed by atoms with Gasteiger partial charge in [0, 0.05) is 0 Å². The van der Waals surface area contributed by atoms with Gasteiger partial charge in [-0.3, -0.25) is 4.79 Å². The van der Waals surface area contributed by atoms with Gasteiger partial charge < -0.3 is 0 Å². The second-order valence-electron chi connectivity index (χ2n) is 6.74. The molecule has 0 bridgehead atoms. The van der Waals surface area contributed by atoms with E-state index < -0.39 is 82.7 Å². The van der Waals surface area contributed by atoms with Gasteiger partial charge in [0.2, 0.25) is 5.78 Å². The zero-order chi connectivity index (χ0) is 29.7. The predicted octanol–water partition coefficient (Wildman–Crippen LogP) is 5.87. The van der Waals surface area contributed by atoms with Gasteiger partial charge in [0.05, 0.1) is 0 Å². The van der Waals surface area contributed by atoms with Crippen molar-refractivity contribution in [2.75, 3.05) is 7.05 Å².